The molecule has 1 rings (SSSR count). The van der Waals surface area contributed by atoms with Crippen LogP contribution in [0.5, 0.6) is 0 Å². The van der Waals surface area contributed by atoms with E-state index < -0.39 is 6.10 Å². The summed E-state index contributed by atoms with van der Waals surface area (Å²) < 4.78 is 5.66. The quantitative estimate of drug-likeness (QED) is 0.729. The SMILES string of the molecule is CC(C)CC(C)OCC(O)CN[C@H](C)c1ccccc1. The van der Waals surface area contributed by atoms with Gasteiger partial charge in [0.05, 0.1) is 18.8 Å². The highest BCUT2D eigenvalue weighted by Gasteiger charge is 2.11. The summed E-state index contributed by atoms with van der Waals surface area (Å²) in [6, 6.07) is 10.5. The molecule has 2 unspecified atom stereocenters. The van der Waals surface area contributed by atoms with E-state index in [0.717, 1.165) is 6.42 Å². The summed E-state index contributed by atoms with van der Waals surface area (Å²) in [6.45, 7) is 9.46. The molecule has 0 aliphatic heterocycles. The molecule has 0 bridgehead atoms. The first-order valence-corrected chi connectivity index (χ1v) is 7.57. The van der Waals surface area contributed by atoms with Gasteiger partial charge in [0.1, 0.15) is 0 Å². The van der Waals surface area contributed by atoms with E-state index in [1.165, 1.54) is 5.56 Å². The second-order valence-electron chi connectivity index (χ2n) is 5.97. The van der Waals surface area contributed by atoms with Gasteiger partial charge in [-0.15, -0.1) is 0 Å². The summed E-state index contributed by atoms with van der Waals surface area (Å²) in [5.74, 6) is 0.623. The number of nitrogens with one attached hydrogen (secondary N) is 1. The molecule has 0 amide bonds. The van der Waals surface area contributed by atoms with Crippen molar-refractivity contribution in [1.29, 1.82) is 0 Å². The number of aliphatic hydroxyl groups excluding tert-OH is 1. The summed E-state index contributed by atoms with van der Waals surface area (Å²) in [5.41, 5.74) is 1.23. The predicted molar refractivity (Wildman–Crippen MR) is 83.7 cm³/mol. The molecular formula is C17H29NO2. The smallest absolute Gasteiger partial charge is 0.0898 e. The molecule has 1 aromatic carbocycles. The molecule has 2 N–H and O–H groups in total. The van der Waals surface area contributed by atoms with Crippen LogP contribution >= 0.6 is 0 Å². The van der Waals surface area contributed by atoms with E-state index in [0.29, 0.717) is 19.1 Å². The third-order valence-corrected chi connectivity index (χ3v) is 3.34. The standard InChI is InChI=1S/C17H29NO2/c1-13(2)10-14(3)20-12-17(19)11-18-15(4)16-8-6-5-7-9-16/h5-9,13-15,17-19H,10-12H2,1-4H3/t14?,15-,17?/m1/s1. The van der Waals surface area contributed by atoms with Crippen LogP contribution in [0.25, 0.3) is 0 Å². The molecule has 114 valence electrons. The van der Waals surface area contributed by atoms with Gasteiger partial charge in [0.15, 0.2) is 0 Å². The first-order valence-electron chi connectivity index (χ1n) is 7.57. The molecule has 20 heavy (non-hydrogen) atoms. The van der Waals surface area contributed by atoms with Crippen LogP contribution in [0.4, 0.5) is 0 Å². The van der Waals surface area contributed by atoms with Gasteiger partial charge in [-0.1, -0.05) is 44.2 Å². The minimum Gasteiger partial charge on any atom is -0.389 e. The zero-order valence-corrected chi connectivity index (χ0v) is 13.2. The second kappa shape index (κ2) is 9.11. The van der Waals surface area contributed by atoms with Gasteiger partial charge in [-0.05, 0) is 31.7 Å². The van der Waals surface area contributed by atoms with Crippen LogP contribution in [0.1, 0.15) is 45.7 Å². The van der Waals surface area contributed by atoms with E-state index >= 15 is 0 Å². The third kappa shape index (κ3) is 7.04. The average Bonchev–Trinajstić information content (AvgIpc) is 2.42. The Kier molecular flexibility index (Phi) is 7.82. The fourth-order valence-corrected chi connectivity index (χ4v) is 2.24. The van der Waals surface area contributed by atoms with Gasteiger partial charge in [0.2, 0.25) is 0 Å². The fourth-order valence-electron chi connectivity index (χ4n) is 2.24. The molecule has 0 fully saturated rings. The Morgan fingerprint density at radius 1 is 1.10 bits per heavy atom. The van der Waals surface area contributed by atoms with E-state index in [4.69, 9.17) is 4.74 Å². The van der Waals surface area contributed by atoms with Crippen LogP contribution in [-0.2, 0) is 4.74 Å². The molecule has 0 saturated carbocycles. The van der Waals surface area contributed by atoms with Crippen LogP contribution in [0.3, 0.4) is 0 Å². The van der Waals surface area contributed by atoms with Crippen LogP contribution in [0.2, 0.25) is 0 Å². The van der Waals surface area contributed by atoms with Crippen molar-refractivity contribution in [3.05, 3.63) is 35.9 Å². The molecule has 0 spiro atoms. The largest absolute Gasteiger partial charge is 0.389 e. The van der Waals surface area contributed by atoms with E-state index in [-0.39, 0.29) is 12.1 Å². The Morgan fingerprint density at radius 3 is 2.35 bits per heavy atom. The first-order chi connectivity index (χ1) is 9.49. The van der Waals surface area contributed by atoms with Crippen molar-refractivity contribution in [2.45, 2.75) is 52.4 Å². The van der Waals surface area contributed by atoms with Gasteiger partial charge in [-0.2, -0.15) is 0 Å². The lowest BCUT2D eigenvalue weighted by atomic mass is 10.1. The number of hydrogen-bond donors (Lipinski definition) is 2. The van der Waals surface area contributed by atoms with Gasteiger partial charge < -0.3 is 15.2 Å². The highest BCUT2D eigenvalue weighted by atomic mass is 16.5. The van der Waals surface area contributed by atoms with Gasteiger partial charge in [0.25, 0.3) is 0 Å². The third-order valence-electron chi connectivity index (χ3n) is 3.34. The highest BCUT2D eigenvalue weighted by molar-refractivity contribution is 5.17. The van der Waals surface area contributed by atoms with E-state index in [9.17, 15) is 5.11 Å². The van der Waals surface area contributed by atoms with Crippen LogP contribution < -0.4 is 5.32 Å². The average molecular weight is 279 g/mol. The summed E-state index contributed by atoms with van der Waals surface area (Å²) in [5, 5.41) is 13.3. The number of hydrogen-bond acceptors (Lipinski definition) is 3. The monoisotopic (exact) mass is 279 g/mol. The Bertz CT molecular complexity index is 353. The van der Waals surface area contributed by atoms with Gasteiger partial charge in [0, 0.05) is 12.6 Å². The lowest BCUT2D eigenvalue weighted by molar-refractivity contribution is -0.00914. The minimum absolute atomic E-state index is 0.205. The molecule has 3 heteroatoms. The zero-order chi connectivity index (χ0) is 15.0. The number of ether oxygens (including phenoxy) is 1. The maximum atomic E-state index is 9.94. The lowest BCUT2D eigenvalue weighted by Crippen LogP contribution is -2.33. The number of rotatable bonds is 9. The summed E-state index contributed by atoms with van der Waals surface area (Å²) in [6.07, 6.45) is 0.771. The molecule has 3 atom stereocenters. The van der Waals surface area contributed by atoms with E-state index in [2.05, 4.69) is 45.1 Å². The van der Waals surface area contributed by atoms with Crippen molar-refractivity contribution in [3.8, 4) is 0 Å². The Hall–Kier alpha value is -0.900. The van der Waals surface area contributed by atoms with Gasteiger partial charge >= 0.3 is 0 Å². The Labute approximate surface area is 123 Å². The molecule has 0 heterocycles. The van der Waals surface area contributed by atoms with E-state index in [1.54, 1.807) is 0 Å². The minimum atomic E-state index is -0.462. The highest BCUT2D eigenvalue weighted by Crippen LogP contribution is 2.11. The van der Waals surface area contributed by atoms with Crippen molar-refractivity contribution in [3.63, 3.8) is 0 Å². The molecule has 0 aliphatic carbocycles. The molecule has 1 aromatic rings. The zero-order valence-electron chi connectivity index (χ0n) is 13.2. The van der Waals surface area contributed by atoms with Crippen LogP contribution in [0.15, 0.2) is 30.3 Å². The summed E-state index contributed by atoms with van der Waals surface area (Å²) in [4.78, 5) is 0. The maximum Gasteiger partial charge on any atom is 0.0898 e. The molecular weight excluding hydrogens is 250 g/mol. The topological polar surface area (TPSA) is 41.5 Å². The molecule has 3 nitrogen and oxygen atoms in total. The van der Waals surface area contributed by atoms with Crippen molar-refractivity contribution in [2.75, 3.05) is 13.2 Å². The van der Waals surface area contributed by atoms with Crippen molar-refractivity contribution in [1.82, 2.24) is 5.32 Å². The Morgan fingerprint density at radius 2 is 1.75 bits per heavy atom. The summed E-state index contributed by atoms with van der Waals surface area (Å²) >= 11 is 0. The molecule has 0 aliphatic rings. The Balaban J connectivity index is 2.21. The predicted octanol–water partition coefficient (Wildman–Crippen LogP) is 3.15. The van der Waals surface area contributed by atoms with Gasteiger partial charge in [-0.25, -0.2) is 0 Å². The molecule has 0 radical (unpaired) electrons. The second-order valence-corrected chi connectivity index (χ2v) is 5.97. The molecule has 0 aromatic heterocycles. The normalized spacial score (nSPS) is 16.1. The van der Waals surface area contributed by atoms with Crippen LogP contribution in [-0.4, -0.2) is 30.5 Å². The van der Waals surface area contributed by atoms with Crippen LogP contribution in [0, 0.1) is 5.92 Å². The van der Waals surface area contributed by atoms with Crippen molar-refractivity contribution < 1.29 is 9.84 Å². The summed E-state index contributed by atoms with van der Waals surface area (Å²) in [7, 11) is 0. The lowest BCUT2D eigenvalue weighted by Gasteiger charge is -2.20. The first kappa shape index (κ1) is 17.2. The molecule has 0 saturated heterocycles. The number of benzene rings is 1. The fraction of sp³-hybridized carbons (Fsp3) is 0.647. The van der Waals surface area contributed by atoms with Crippen molar-refractivity contribution in [2.24, 2.45) is 5.92 Å². The maximum absolute atomic E-state index is 9.94. The van der Waals surface area contributed by atoms with Crippen molar-refractivity contribution >= 4 is 0 Å². The number of aliphatic hydroxyl groups is 1. The van der Waals surface area contributed by atoms with Gasteiger partial charge in [-0.3, -0.25) is 0 Å². The van der Waals surface area contributed by atoms with E-state index in [1.807, 2.05) is 18.2 Å².